The standard InChI is InChI=1S/C15H23N3O2S/c19-13(15(20)6-1-2-7-15)16-8-5-12-11-21-14(17-12)18-9-3-4-10-18/h11,20H,1-10H2,(H,16,19). The van der Waals surface area contributed by atoms with Crippen molar-refractivity contribution >= 4 is 22.4 Å². The first-order valence-corrected chi connectivity index (χ1v) is 8.75. The zero-order chi connectivity index (χ0) is 14.7. The summed E-state index contributed by atoms with van der Waals surface area (Å²) < 4.78 is 0. The Labute approximate surface area is 129 Å². The highest BCUT2D eigenvalue weighted by molar-refractivity contribution is 7.13. The molecule has 2 aliphatic rings. The summed E-state index contributed by atoms with van der Waals surface area (Å²) in [6.07, 6.45) is 6.30. The van der Waals surface area contributed by atoms with E-state index in [9.17, 15) is 9.90 Å². The minimum atomic E-state index is -1.12. The van der Waals surface area contributed by atoms with Crippen molar-refractivity contribution in [2.75, 3.05) is 24.5 Å². The highest BCUT2D eigenvalue weighted by Gasteiger charge is 2.38. The number of hydrogen-bond donors (Lipinski definition) is 2. The fourth-order valence-corrected chi connectivity index (χ4v) is 4.03. The third-order valence-corrected chi connectivity index (χ3v) is 5.39. The lowest BCUT2D eigenvalue weighted by Crippen LogP contribution is -2.45. The molecule has 2 heterocycles. The third-order valence-electron chi connectivity index (χ3n) is 4.44. The van der Waals surface area contributed by atoms with Gasteiger partial charge in [0, 0.05) is 31.4 Å². The second kappa shape index (κ2) is 6.32. The average molecular weight is 309 g/mol. The molecular formula is C15H23N3O2S. The highest BCUT2D eigenvalue weighted by atomic mass is 32.1. The van der Waals surface area contributed by atoms with Gasteiger partial charge in [-0.25, -0.2) is 4.98 Å². The molecule has 5 nitrogen and oxygen atoms in total. The van der Waals surface area contributed by atoms with E-state index in [0.29, 0.717) is 19.4 Å². The smallest absolute Gasteiger partial charge is 0.251 e. The number of thiazole rings is 1. The van der Waals surface area contributed by atoms with Crippen LogP contribution in [0.4, 0.5) is 5.13 Å². The van der Waals surface area contributed by atoms with E-state index in [2.05, 4.69) is 20.6 Å². The van der Waals surface area contributed by atoms with Crippen LogP contribution in [0.15, 0.2) is 5.38 Å². The van der Waals surface area contributed by atoms with Crippen LogP contribution in [0, 0.1) is 0 Å². The van der Waals surface area contributed by atoms with Crippen LogP contribution in [-0.4, -0.2) is 41.2 Å². The Morgan fingerprint density at radius 3 is 2.76 bits per heavy atom. The molecule has 1 aliphatic carbocycles. The average Bonchev–Trinajstić information content (AvgIpc) is 3.19. The van der Waals surface area contributed by atoms with Crippen molar-refractivity contribution in [3.05, 3.63) is 11.1 Å². The lowest BCUT2D eigenvalue weighted by Gasteiger charge is -2.20. The predicted octanol–water partition coefficient (Wildman–Crippen LogP) is 1.71. The molecule has 2 N–H and O–H groups in total. The number of carbonyl (C=O) groups is 1. The van der Waals surface area contributed by atoms with Crippen LogP contribution in [-0.2, 0) is 11.2 Å². The minimum absolute atomic E-state index is 0.213. The lowest BCUT2D eigenvalue weighted by atomic mass is 10.0. The van der Waals surface area contributed by atoms with Gasteiger partial charge in [0.05, 0.1) is 5.69 Å². The van der Waals surface area contributed by atoms with E-state index in [1.54, 1.807) is 11.3 Å². The summed E-state index contributed by atoms with van der Waals surface area (Å²) in [5.74, 6) is -0.213. The Balaban J connectivity index is 1.46. The van der Waals surface area contributed by atoms with Gasteiger partial charge in [0.1, 0.15) is 5.60 Å². The molecule has 2 fully saturated rings. The van der Waals surface area contributed by atoms with Crippen molar-refractivity contribution in [2.24, 2.45) is 0 Å². The largest absolute Gasteiger partial charge is 0.380 e. The maximum absolute atomic E-state index is 12.0. The summed E-state index contributed by atoms with van der Waals surface area (Å²) in [5, 5.41) is 16.2. The number of rotatable bonds is 5. The monoisotopic (exact) mass is 309 g/mol. The molecule has 116 valence electrons. The zero-order valence-electron chi connectivity index (χ0n) is 12.3. The lowest BCUT2D eigenvalue weighted by molar-refractivity contribution is -0.139. The Bertz CT molecular complexity index is 491. The normalized spacial score (nSPS) is 20.9. The van der Waals surface area contributed by atoms with Crippen molar-refractivity contribution in [2.45, 2.75) is 50.5 Å². The topological polar surface area (TPSA) is 65.5 Å². The van der Waals surface area contributed by atoms with E-state index in [1.165, 1.54) is 12.8 Å². The molecule has 0 bridgehead atoms. The number of aromatic nitrogens is 1. The van der Waals surface area contributed by atoms with Crippen LogP contribution in [0.3, 0.4) is 0 Å². The fraction of sp³-hybridized carbons (Fsp3) is 0.733. The Morgan fingerprint density at radius 2 is 2.05 bits per heavy atom. The predicted molar refractivity (Wildman–Crippen MR) is 83.7 cm³/mol. The second-order valence-corrected chi connectivity index (χ2v) is 6.90. The minimum Gasteiger partial charge on any atom is -0.380 e. The summed E-state index contributed by atoms with van der Waals surface area (Å²) in [5.41, 5.74) is -0.0939. The molecule has 0 spiro atoms. The van der Waals surface area contributed by atoms with Crippen molar-refractivity contribution in [1.29, 1.82) is 0 Å². The van der Waals surface area contributed by atoms with Gasteiger partial charge in [-0.1, -0.05) is 0 Å². The van der Waals surface area contributed by atoms with Crippen molar-refractivity contribution in [3.63, 3.8) is 0 Å². The van der Waals surface area contributed by atoms with E-state index >= 15 is 0 Å². The van der Waals surface area contributed by atoms with E-state index in [4.69, 9.17) is 0 Å². The van der Waals surface area contributed by atoms with E-state index in [-0.39, 0.29) is 5.91 Å². The first-order valence-electron chi connectivity index (χ1n) is 7.87. The third kappa shape index (κ3) is 3.37. The van der Waals surface area contributed by atoms with E-state index in [0.717, 1.165) is 43.2 Å². The maximum Gasteiger partial charge on any atom is 0.251 e. The fourth-order valence-electron chi connectivity index (χ4n) is 3.12. The van der Waals surface area contributed by atoms with Gasteiger partial charge in [-0.2, -0.15) is 0 Å². The highest BCUT2D eigenvalue weighted by Crippen LogP contribution is 2.29. The van der Waals surface area contributed by atoms with Gasteiger partial charge in [-0.15, -0.1) is 11.3 Å². The summed E-state index contributed by atoms with van der Waals surface area (Å²) in [6, 6.07) is 0. The summed E-state index contributed by atoms with van der Waals surface area (Å²) in [6.45, 7) is 2.76. The molecule has 0 unspecified atom stereocenters. The van der Waals surface area contributed by atoms with E-state index < -0.39 is 5.60 Å². The van der Waals surface area contributed by atoms with Gasteiger partial charge < -0.3 is 15.3 Å². The molecule has 0 aromatic carbocycles. The molecule has 0 radical (unpaired) electrons. The van der Waals surface area contributed by atoms with Gasteiger partial charge in [-0.05, 0) is 38.5 Å². The van der Waals surface area contributed by atoms with Crippen LogP contribution >= 0.6 is 11.3 Å². The molecule has 0 atom stereocenters. The van der Waals surface area contributed by atoms with Crippen LogP contribution in [0.2, 0.25) is 0 Å². The van der Waals surface area contributed by atoms with Crippen molar-refractivity contribution in [3.8, 4) is 0 Å². The number of carbonyl (C=O) groups excluding carboxylic acids is 1. The summed E-state index contributed by atoms with van der Waals surface area (Å²) in [4.78, 5) is 18.9. The second-order valence-electron chi connectivity index (χ2n) is 6.06. The Hall–Kier alpha value is -1.14. The van der Waals surface area contributed by atoms with Gasteiger partial charge in [0.15, 0.2) is 5.13 Å². The number of nitrogens with one attached hydrogen (secondary N) is 1. The molecule has 21 heavy (non-hydrogen) atoms. The van der Waals surface area contributed by atoms with Gasteiger partial charge in [0.2, 0.25) is 0 Å². The molecule has 1 saturated heterocycles. The first-order chi connectivity index (χ1) is 10.2. The SMILES string of the molecule is O=C(NCCc1csc(N2CCCC2)n1)C1(O)CCCC1. The molecule has 1 aromatic heterocycles. The van der Waals surface area contributed by atoms with Gasteiger partial charge in [-0.3, -0.25) is 4.79 Å². The number of aliphatic hydroxyl groups is 1. The van der Waals surface area contributed by atoms with Crippen LogP contribution < -0.4 is 10.2 Å². The molecule has 1 aromatic rings. The summed E-state index contributed by atoms with van der Waals surface area (Å²) >= 11 is 1.68. The van der Waals surface area contributed by atoms with Crippen LogP contribution in [0.5, 0.6) is 0 Å². The van der Waals surface area contributed by atoms with Gasteiger partial charge in [0.25, 0.3) is 5.91 Å². The number of hydrogen-bond acceptors (Lipinski definition) is 5. The Morgan fingerprint density at radius 1 is 1.33 bits per heavy atom. The molecule has 3 rings (SSSR count). The van der Waals surface area contributed by atoms with Crippen LogP contribution in [0.1, 0.15) is 44.2 Å². The number of anilines is 1. The molecule has 1 aliphatic heterocycles. The Kier molecular flexibility index (Phi) is 4.45. The maximum atomic E-state index is 12.0. The number of nitrogens with zero attached hydrogens (tertiary/aromatic N) is 2. The van der Waals surface area contributed by atoms with Gasteiger partial charge >= 0.3 is 0 Å². The van der Waals surface area contributed by atoms with Crippen LogP contribution in [0.25, 0.3) is 0 Å². The number of amides is 1. The molecule has 6 heteroatoms. The quantitative estimate of drug-likeness (QED) is 0.869. The first kappa shape index (κ1) is 14.8. The molecule has 1 saturated carbocycles. The van der Waals surface area contributed by atoms with Crippen molar-refractivity contribution < 1.29 is 9.90 Å². The molecular weight excluding hydrogens is 286 g/mol. The molecule has 1 amide bonds. The summed E-state index contributed by atoms with van der Waals surface area (Å²) in [7, 11) is 0. The van der Waals surface area contributed by atoms with Crippen molar-refractivity contribution in [1.82, 2.24) is 10.3 Å². The van der Waals surface area contributed by atoms with E-state index in [1.807, 2.05) is 0 Å². The zero-order valence-corrected chi connectivity index (χ0v) is 13.1.